The Balaban J connectivity index is 1.72. The molecular formula is C18H18F4N2O3S. The van der Waals surface area contributed by atoms with Gasteiger partial charge >= 0.3 is 6.18 Å². The number of halogens is 4. The quantitative estimate of drug-likeness (QED) is 0.648. The topological polar surface area (TPSA) is 75.3 Å². The van der Waals surface area contributed by atoms with Crippen molar-refractivity contribution < 1.29 is 30.8 Å². The van der Waals surface area contributed by atoms with Gasteiger partial charge in [0, 0.05) is 19.5 Å². The van der Waals surface area contributed by atoms with E-state index in [1.54, 1.807) is 0 Å². The third kappa shape index (κ3) is 6.61. The maximum Gasteiger partial charge on any atom is 0.416 e. The normalized spacial score (nSPS) is 12.0. The standard InChI is InChI=1S/C18H18F4N2O3S/c19-15-5-7-16(8-6-15)28(26,27)24-12-10-17(25)23-11-9-13-1-3-14(4-2-13)18(20,21)22/h1-8,24H,9-12H2,(H,23,25). The summed E-state index contributed by atoms with van der Waals surface area (Å²) in [5.41, 5.74) is -0.112. The molecule has 0 atom stereocenters. The van der Waals surface area contributed by atoms with Crippen LogP contribution in [0.15, 0.2) is 53.4 Å². The van der Waals surface area contributed by atoms with Gasteiger partial charge in [-0.05, 0) is 48.4 Å². The molecule has 5 nitrogen and oxygen atoms in total. The number of benzene rings is 2. The first-order chi connectivity index (χ1) is 13.1. The second-order valence-corrected chi connectivity index (χ2v) is 7.66. The van der Waals surface area contributed by atoms with E-state index in [-0.39, 0.29) is 24.4 Å². The van der Waals surface area contributed by atoms with E-state index in [9.17, 15) is 30.8 Å². The number of nitrogens with one attached hydrogen (secondary N) is 2. The summed E-state index contributed by atoms with van der Waals surface area (Å²) >= 11 is 0. The van der Waals surface area contributed by atoms with Gasteiger partial charge in [-0.2, -0.15) is 13.2 Å². The average molecular weight is 418 g/mol. The molecule has 0 spiro atoms. The summed E-state index contributed by atoms with van der Waals surface area (Å²) in [4.78, 5) is 11.6. The molecule has 0 unspecified atom stereocenters. The monoisotopic (exact) mass is 418 g/mol. The van der Waals surface area contributed by atoms with Gasteiger partial charge in [0.25, 0.3) is 0 Å². The summed E-state index contributed by atoms with van der Waals surface area (Å²) in [6.45, 7) is 0.0563. The Morgan fingerprint density at radius 3 is 2.11 bits per heavy atom. The number of alkyl halides is 3. The van der Waals surface area contributed by atoms with Crippen LogP contribution in [0.25, 0.3) is 0 Å². The first-order valence-electron chi connectivity index (χ1n) is 8.26. The number of hydrogen-bond acceptors (Lipinski definition) is 3. The predicted molar refractivity (Wildman–Crippen MR) is 94.4 cm³/mol. The van der Waals surface area contributed by atoms with Crippen LogP contribution in [0.3, 0.4) is 0 Å². The summed E-state index contributed by atoms with van der Waals surface area (Å²) in [7, 11) is -3.84. The molecule has 10 heteroatoms. The Kier molecular flexibility index (Phi) is 7.14. The van der Waals surface area contributed by atoms with E-state index in [4.69, 9.17) is 0 Å². The molecule has 0 saturated carbocycles. The smallest absolute Gasteiger partial charge is 0.356 e. The zero-order chi connectivity index (χ0) is 20.8. The van der Waals surface area contributed by atoms with E-state index in [1.807, 2.05) is 0 Å². The van der Waals surface area contributed by atoms with Gasteiger partial charge in [-0.1, -0.05) is 12.1 Å². The number of rotatable bonds is 8. The zero-order valence-electron chi connectivity index (χ0n) is 14.6. The van der Waals surface area contributed by atoms with Gasteiger partial charge in [0.2, 0.25) is 15.9 Å². The first kappa shape index (κ1) is 21.8. The summed E-state index contributed by atoms with van der Waals surface area (Å²) in [5, 5.41) is 2.56. The van der Waals surface area contributed by atoms with Crippen molar-refractivity contribution in [2.24, 2.45) is 0 Å². The first-order valence-corrected chi connectivity index (χ1v) is 9.74. The molecule has 0 radical (unpaired) electrons. The molecule has 0 fully saturated rings. The highest BCUT2D eigenvalue weighted by Crippen LogP contribution is 2.29. The average Bonchev–Trinajstić information content (AvgIpc) is 2.61. The molecule has 0 aromatic heterocycles. The molecule has 0 aliphatic rings. The predicted octanol–water partition coefficient (Wildman–Crippen LogP) is 2.87. The number of amides is 1. The van der Waals surface area contributed by atoms with Crippen molar-refractivity contribution in [1.82, 2.24) is 10.0 Å². The molecule has 152 valence electrons. The van der Waals surface area contributed by atoms with E-state index in [0.29, 0.717) is 12.0 Å². The van der Waals surface area contributed by atoms with Gasteiger partial charge in [-0.3, -0.25) is 4.79 Å². The lowest BCUT2D eigenvalue weighted by molar-refractivity contribution is -0.137. The lowest BCUT2D eigenvalue weighted by Gasteiger charge is -2.09. The third-order valence-corrected chi connectivity index (χ3v) is 5.26. The third-order valence-electron chi connectivity index (χ3n) is 3.79. The van der Waals surface area contributed by atoms with Crippen molar-refractivity contribution in [2.45, 2.75) is 23.9 Å². The van der Waals surface area contributed by atoms with Gasteiger partial charge in [0.1, 0.15) is 5.82 Å². The molecule has 0 aliphatic carbocycles. The molecule has 0 saturated heterocycles. The van der Waals surface area contributed by atoms with Crippen LogP contribution in [0, 0.1) is 5.82 Å². The van der Waals surface area contributed by atoms with Crippen molar-refractivity contribution in [3.05, 3.63) is 65.5 Å². The van der Waals surface area contributed by atoms with E-state index in [0.717, 1.165) is 36.4 Å². The number of hydrogen-bond donors (Lipinski definition) is 2. The maximum absolute atomic E-state index is 12.8. The molecule has 2 N–H and O–H groups in total. The molecular weight excluding hydrogens is 400 g/mol. The molecule has 28 heavy (non-hydrogen) atoms. The number of sulfonamides is 1. The lowest BCUT2D eigenvalue weighted by atomic mass is 10.1. The number of carbonyl (C=O) groups is 1. The minimum atomic E-state index is -4.39. The van der Waals surface area contributed by atoms with Crippen LogP contribution in [0.1, 0.15) is 17.5 Å². The fraction of sp³-hybridized carbons (Fsp3) is 0.278. The van der Waals surface area contributed by atoms with E-state index in [1.165, 1.54) is 12.1 Å². The SMILES string of the molecule is O=C(CCNS(=O)(=O)c1ccc(F)cc1)NCCc1ccc(C(F)(F)F)cc1. The highest BCUT2D eigenvalue weighted by Gasteiger charge is 2.29. The fourth-order valence-corrected chi connectivity index (χ4v) is 3.32. The van der Waals surface area contributed by atoms with Gasteiger partial charge in [0.05, 0.1) is 10.5 Å². The molecule has 2 rings (SSSR count). The summed E-state index contributed by atoms with van der Waals surface area (Å²) < 4.78 is 76.5. The highest BCUT2D eigenvalue weighted by atomic mass is 32.2. The Morgan fingerprint density at radius 2 is 1.54 bits per heavy atom. The van der Waals surface area contributed by atoms with E-state index in [2.05, 4.69) is 10.0 Å². The van der Waals surface area contributed by atoms with Gasteiger partial charge < -0.3 is 5.32 Å². The minimum Gasteiger partial charge on any atom is -0.356 e. The molecule has 0 bridgehead atoms. The lowest BCUT2D eigenvalue weighted by Crippen LogP contribution is -2.31. The Labute approximate surface area is 159 Å². The summed E-state index contributed by atoms with van der Waals surface area (Å²) in [6.07, 6.45) is -4.17. The van der Waals surface area contributed by atoms with E-state index >= 15 is 0 Å². The minimum absolute atomic E-state index is 0.114. The molecule has 1 amide bonds. The van der Waals surface area contributed by atoms with Gasteiger partial charge in [-0.15, -0.1) is 0 Å². The second kappa shape index (κ2) is 9.16. The van der Waals surface area contributed by atoms with Crippen LogP contribution in [0.5, 0.6) is 0 Å². The summed E-state index contributed by atoms with van der Waals surface area (Å²) in [6, 6.07) is 8.88. The molecule has 0 aliphatic heterocycles. The van der Waals surface area contributed by atoms with Crippen LogP contribution in [-0.4, -0.2) is 27.4 Å². The van der Waals surface area contributed by atoms with Gasteiger partial charge in [-0.25, -0.2) is 17.5 Å². The Hall–Kier alpha value is -2.46. The van der Waals surface area contributed by atoms with Crippen LogP contribution in [0.4, 0.5) is 17.6 Å². The van der Waals surface area contributed by atoms with Crippen LogP contribution in [-0.2, 0) is 27.4 Å². The van der Waals surface area contributed by atoms with Crippen molar-refractivity contribution >= 4 is 15.9 Å². The molecule has 0 heterocycles. The largest absolute Gasteiger partial charge is 0.416 e. The van der Waals surface area contributed by atoms with Crippen LogP contribution < -0.4 is 10.0 Å². The maximum atomic E-state index is 12.8. The number of carbonyl (C=O) groups excluding carboxylic acids is 1. The van der Waals surface area contributed by atoms with Crippen LogP contribution >= 0.6 is 0 Å². The van der Waals surface area contributed by atoms with Gasteiger partial charge in [0.15, 0.2) is 0 Å². The summed E-state index contributed by atoms with van der Waals surface area (Å²) in [5.74, 6) is -0.972. The van der Waals surface area contributed by atoms with Crippen molar-refractivity contribution in [3.63, 3.8) is 0 Å². The molecule has 2 aromatic rings. The van der Waals surface area contributed by atoms with Crippen molar-refractivity contribution in [2.75, 3.05) is 13.1 Å². The Bertz CT molecular complexity index is 896. The van der Waals surface area contributed by atoms with E-state index < -0.39 is 33.5 Å². The zero-order valence-corrected chi connectivity index (χ0v) is 15.4. The van der Waals surface area contributed by atoms with Crippen molar-refractivity contribution in [1.29, 1.82) is 0 Å². The van der Waals surface area contributed by atoms with Crippen LogP contribution in [0.2, 0.25) is 0 Å². The molecule has 2 aromatic carbocycles. The fourth-order valence-electron chi connectivity index (χ4n) is 2.29. The Morgan fingerprint density at radius 1 is 0.929 bits per heavy atom. The second-order valence-electron chi connectivity index (χ2n) is 5.90. The van der Waals surface area contributed by atoms with Crippen molar-refractivity contribution in [3.8, 4) is 0 Å². The highest BCUT2D eigenvalue weighted by molar-refractivity contribution is 7.89.